The van der Waals surface area contributed by atoms with Crippen molar-refractivity contribution in [2.45, 2.75) is 83.6 Å². The van der Waals surface area contributed by atoms with Gasteiger partial charge < -0.3 is 15.3 Å². The van der Waals surface area contributed by atoms with Crippen molar-refractivity contribution in [3.05, 3.63) is 52.1 Å². The summed E-state index contributed by atoms with van der Waals surface area (Å²) in [6.45, 7) is 9.16. The molecule has 178 valence electrons. The number of aliphatic hydroxyl groups excluding tert-OH is 1. The second-order valence-corrected chi connectivity index (χ2v) is 10.3. The van der Waals surface area contributed by atoms with E-state index in [2.05, 4.69) is 0 Å². The minimum absolute atomic E-state index is 0.0221. The number of phenolic OH excluding ortho intramolecular Hbond substituents is 2. The molecular formula is C25H36O6S. The van der Waals surface area contributed by atoms with Crippen LogP contribution in [0.3, 0.4) is 0 Å². The Morgan fingerprint density at radius 3 is 2.09 bits per heavy atom. The van der Waals surface area contributed by atoms with Crippen LogP contribution in [0, 0.1) is 20.8 Å². The molecule has 0 aliphatic heterocycles. The summed E-state index contributed by atoms with van der Waals surface area (Å²) in [5.74, 6) is -0.202. The first-order chi connectivity index (χ1) is 14.9. The molecule has 3 N–H and O–H groups in total. The SMILES string of the molecule is Cc1cc(C)c(S(=O)(=O)OCCCCCCc2c(O)cc(O)cc2[C@H](C)[C@@H](C)O)c(C)c1. The van der Waals surface area contributed by atoms with Crippen molar-refractivity contribution in [3.8, 4) is 11.5 Å². The molecular weight excluding hydrogens is 428 g/mol. The third kappa shape index (κ3) is 6.70. The topological polar surface area (TPSA) is 104 Å². The Kier molecular flexibility index (Phi) is 9.13. The highest BCUT2D eigenvalue weighted by Gasteiger charge is 2.21. The van der Waals surface area contributed by atoms with Crippen molar-refractivity contribution >= 4 is 10.1 Å². The van der Waals surface area contributed by atoms with E-state index >= 15 is 0 Å². The van der Waals surface area contributed by atoms with E-state index in [0.29, 0.717) is 24.0 Å². The van der Waals surface area contributed by atoms with E-state index in [-0.39, 0.29) is 28.9 Å². The monoisotopic (exact) mass is 464 g/mol. The lowest BCUT2D eigenvalue weighted by molar-refractivity contribution is 0.168. The van der Waals surface area contributed by atoms with Crippen LogP contribution in [0.15, 0.2) is 29.2 Å². The number of aliphatic hydroxyl groups is 1. The van der Waals surface area contributed by atoms with E-state index in [1.165, 1.54) is 6.07 Å². The van der Waals surface area contributed by atoms with E-state index < -0.39 is 16.2 Å². The number of aromatic hydroxyl groups is 2. The number of hydrogen-bond donors (Lipinski definition) is 3. The van der Waals surface area contributed by atoms with Crippen molar-refractivity contribution in [2.24, 2.45) is 0 Å². The molecule has 0 unspecified atom stereocenters. The molecule has 0 bridgehead atoms. The number of benzene rings is 2. The fourth-order valence-electron chi connectivity index (χ4n) is 4.15. The number of phenols is 2. The summed E-state index contributed by atoms with van der Waals surface area (Å²) in [5, 5.41) is 30.0. The lowest BCUT2D eigenvalue weighted by Gasteiger charge is -2.20. The standard InChI is InChI=1S/C25H36O6S/c1-16-12-17(2)25(18(3)13-16)32(29,30)31-11-9-7-6-8-10-22-23(19(4)20(5)26)14-21(27)15-24(22)28/h12-15,19-20,26-28H,6-11H2,1-5H3/t19-,20-/m1/s1. The first kappa shape index (κ1) is 26.2. The third-order valence-corrected chi connectivity index (χ3v) is 7.49. The van der Waals surface area contributed by atoms with Crippen LogP contribution in [0.25, 0.3) is 0 Å². The highest BCUT2D eigenvalue weighted by molar-refractivity contribution is 7.86. The number of aryl methyl sites for hydroxylation is 3. The van der Waals surface area contributed by atoms with Gasteiger partial charge in [-0.25, -0.2) is 0 Å². The van der Waals surface area contributed by atoms with Crippen LogP contribution in [0.2, 0.25) is 0 Å². The van der Waals surface area contributed by atoms with Gasteiger partial charge in [0.15, 0.2) is 0 Å². The predicted molar refractivity (Wildman–Crippen MR) is 126 cm³/mol. The molecule has 2 atom stereocenters. The van der Waals surface area contributed by atoms with Gasteiger partial charge >= 0.3 is 0 Å². The van der Waals surface area contributed by atoms with Gasteiger partial charge in [-0.1, -0.05) is 37.5 Å². The van der Waals surface area contributed by atoms with Crippen LogP contribution in [-0.4, -0.2) is 36.4 Å². The zero-order valence-electron chi connectivity index (χ0n) is 19.7. The van der Waals surface area contributed by atoms with Gasteiger partial charge in [0.2, 0.25) is 0 Å². The Balaban J connectivity index is 1.86. The van der Waals surface area contributed by atoms with Crippen molar-refractivity contribution in [1.29, 1.82) is 0 Å². The van der Waals surface area contributed by atoms with E-state index in [1.54, 1.807) is 26.8 Å². The average molecular weight is 465 g/mol. The normalized spacial score (nSPS) is 13.8. The second-order valence-electron chi connectivity index (χ2n) is 8.73. The molecule has 0 radical (unpaired) electrons. The van der Waals surface area contributed by atoms with Crippen LogP contribution >= 0.6 is 0 Å². The molecule has 0 amide bonds. The zero-order valence-corrected chi connectivity index (χ0v) is 20.5. The zero-order chi connectivity index (χ0) is 24.1. The molecule has 0 spiro atoms. The summed E-state index contributed by atoms with van der Waals surface area (Å²) in [6.07, 6.45) is 3.05. The summed E-state index contributed by atoms with van der Waals surface area (Å²) in [4.78, 5) is 0.255. The predicted octanol–water partition coefficient (Wildman–Crippen LogP) is 5.02. The Hall–Kier alpha value is -2.09. The molecule has 0 heterocycles. The highest BCUT2D eigenvalue weighted by atomic mass is 32.2. The molecule has 0 saturated carbocycles. The first-order valence-corrected chi connectivity index (χ1v) is 12.5. The van der Waals surface area contributed by atoms with Crippen molar-refractivity contribution in [2.75, 3.05) is 6.61 Å². The fourth-order valence-corrected chi connectivity index (χ4v) is 5.51. The summed E-state index contributed by atoms with van der Waals surface area (Å²) in [7, 11) is -3.79. The van der Waals surface area contributed by atoms with Gasteiger partial charge in [0.25, 0.3) is 10.1 Å². The Bertz CT molecular complexity index is 1000. The number of hydrogen-bond acceptors (Lipinski definition) is 6. The maximum atomic E-state index is 12.6. The lowest BCUT2D eigenvalue weighted by Crippen LogP contribution is -2.13. The molecule has 0 saturated heterocycles. The Labute approximate surface area is 192 Å². The van der Waals surface area contributed by atoms with Gasteiger partial charge in [-0.05, 0) is 75.3 Å². The number of unbranched alkanes of at least 4 members (excludes halogenated alkanes) is 3. The summed E-state index contributed by atoms with van der Waals surface area (Å²) < 4.78 is 30.4. The Morgan fingerprint density at radius 1 is 0.906 bits per heavy atom. The summed E-state index contributed by atoms with van der Waals surface area (Å²) in [6, 6.07) is 6.60. The molecule has 0 aliphatic rings. The number of rotatable bonds is 11. The second kappa shape index (κ2) is 11.2. The van der Waals surface area contributed by atoms with Crippen LogP contribution in [-0.2, 0) is 20.7 Å². The molecule has 2 rings (SSSR count). The van der Waals surface area contributed by atoms with Crippen LogP contribution in [0.4, 0.5) is 0 Å². The minimum atomic E-state index is -3.79. The fraction of sp³-hybridized carbons (Fsp3) is 0.520. The molecule has 2 aromatic rings. The van der Waals surface area contributed by atoms with Gasteiger partial charge in [-0.2, -0.15) is 8.42 Å². The smallest absolute Gasteiger partial charge is 0.297 e. The van der Waals surface area contributed by atoms with E-state index in [9.17, 15) is 23.7 Å². The van der Waals surface area contributed by atoms with Gasteiger partial charge in [0.05, 0.1) is 17.6 Å². The lowest BCUT2D eigenvalue weighted by atomic mass is 9.89. The van der Waals surface area contributed by atoms with Crippen LogP contribution in [0.1, 0.15) is 73.3 Å². The van der Waals surface area contributed by atoms with E-state index in [4.69, 9.17) is 4.18 Å². The molecule has 32 heavy (non-hydrogen) atoms. The Morgan fingerprint density at radius 2 is 1.50 bits per heavy atom. The van der Waals surface area contributed by atoms with Gasteiger partial charge in [0, 0.05) is 12.0 Å². The van der Waals surface area contributed by atoms with Gasteiger partial charge in [0.1, 0.15) is 11.5 Å². The van der Waals surface area contributed by atoms with E-state index in [0.717, 1.165) is 36.0 Å². The van der Waals surface area contributed by atoms with Gasteiger partial charge in [-0.3, -0.25) is 4.18 Å². The summed E-state index contributed by atoms with van der Waals surface area (Å²) >= 11 is 0. The van der Waals surface area contributed by atoms with Crippen LogP contribution in [0.5, 0.6) is 11.5 Å². The quantitative estimate of drug-likeness (QED) is 0.319. The van der Waals surface area contributed by atoms with E-state index in [1.807, 2.05) is 26.0 Å². The minimum Gasteiger partial charge on any atom is -0.508 e. The van der Waals surface area contributed by atoms with Crippen molar-refractivity contribution < 1.29 is 27.9 Å². The largest absolute Gasteiger partial charge is 0.508 e. The molecule has 0 aromatic heterocycles. The van der Waals surface area contributed by atoms with Crippen LogP contribution < -0.4 is 0 Å². The first-order valence-electron chi connectivity index (χ1n) is 11.1. The molecule has 7 heteroatoms. The maximum Gasteiger partial charge on any atom is 0.297 e. The van der Waals surface area contributed by atoms with Crippen molar-refractivity contribution in [1.82, 2.24) is 0 Å². The van der Waals surface area contributed by atoms with Crippen molar-refractivity contribution in [3.63, 3.8) is 0 Å². The third-order valence-electron chi connectivity index (χ3n) is 5.87. The molecule has 0 fully saturated rings. The molecule has 0 aliphatic carbocycles. The molecule has 6 nitrogen and oxygen atoms in total. The van der Waals surface area contributed by atoms with Gasteiger partial charge in [-0.15, -0.1) is 0 Å². The molecule has 2 aromatic carbocycles. The summed E-state index contributed by atoms with van der Waals surface area (Å²) in [5.41, 5.74) is 3.89. The highest BCUT2D eigenvalue weighted by Crippen LogP contribution is 2.34. The maximum absolute atomic E-state index is 12.6. The average Bonchev–Trinajstić information content (AvgIpc) is 2.66.